The number of hydrogen-bond acceptors (Lipinski definition) is 2. The van der Waals surface area contributed by atoms with Crippen molar-refractivity contribution in [3.8, 4) is 0 Å². The molecular weight excluding hydrogens is 126 g/mol. The van der Waals surface area contributed by atoms with Crippen LogP contribution in [0.3, 0.4) is 0 Å². The summed E-state index contributed by atoms with van der Waals surface area (Å²) < 4.78 is 5.55. The Hall–Kier alpha value is -0.0800. The molecule has 2 aliphatic rings. The highest BCUT2D eigenvalue weighted by atomic mass is 16.5. The summed E-state index contributed by atoms with van der Waals surface area (Å²) in [5.74, 6) is 1.56. The van der Waals surface area contributed by atoms with Crippen molar-refractivity contribution in [2.45, 2.75) is 25.4 Å². The molecule has 2 nitrogen and oxygen atoms in total. The van der Waals surface area contributed by atoms with Gasteiger partial charge < -0.3 is 10.5 Å². The largest absolute Gasteiger partial charge is 0.378 e. The molecule has 1 aliphatic heterocycles. The number of fused-ring (bicyclic) bond motifs is 2. The smallest absolute Gasteiger partial charge is 0.0579 e. The van der Waals surface area contributed by atoms with Crippen LogP contribution in [0.5, 0.6) is 0 Å². The molecular formula is C8H15NO. The first-order valence-corrected chi connectivity index (χ1v) is 4.22. The van der Waals surface area contributed by atoms with Gasteiger partial charge in [0, 0.05) is 0 Å². The predicted molar refractivity (Wildman–Crippen MR) is 39.6 cm³/mol. The normalized spacial score (nSPS) is 45.9. The minimum absolute atomic E-state index is 0.591. The summed E-state index contributed by atoms with van der Waals surface area (Å²) >= 11 is 0. The van der Waals surface area contributed by atoms with Crippen molar-refractivity contribution in [3.63, 3.8) is 0 Å². The quantitative estimate of drug-likeness (QED) is 0.585. The lowest BCUT2D eigenvalue weighted by atomic mass is 9.80. The molecule has 0 spiro atoms. The van der Waals surface area contributed by atoms with E-state index in [2.05, 4.69) is 0 Å². The van der Waals surface area contributed by atoms with Crippen LogP contribution in [-0.4, -0.2) is 19.3 Å². The lowest BCUT2D eigenvalue weighted by Crippen LogP contribution is -2.27. The standard InChI is InChI=1S/C8H15NO/c9-4-6-1-2-8-3-7(6)5-10-8/h6-8H,1-5,9H2. The molecule has 1 heterocycles. The van der Waals surface area contributed by atoms with Gasteiger partial charge in [-0.25, -0.2) is 0 Å². The fourth-order valence-corrected chi connectivity index (χ4v) is 2.21. The maximum Gasteiger partial charge on any atom is 0.0579 e. The molecule has 3 atom stereocenters. The van der Waals surface area contributed by atoms with Crippen molar-refractivity contribution in [1.29, 1.82) is 0 Å². The van der Waals surface area contributed by atoms with Crippen LogP contribution in [0.25, 0.3) is 0 Å². The molecule has 2 fully saturated rings. The Kier molecular flexibility index (Phi) is 1.66. The highest BCUT2D eigenvalue weighted by Gasteiger charge is 2.35. The molecule has 0 aromatic heterocycles. The lowest BCUT2D eigenvalue weighted by molar-refractivity contribution is 0.107. The first-order chi connectivity index (χ1) is 4.90. The number of nitrogens with two attached hydrogens (primary N) is 1. The van der Waals surface area contributed by atoms with E-state index in [9.17, 15) is 0 Å². The van der Waals surface area contributed by atoms with Crippen molar-refractivity contribution in [1.82, 2.24) is 0 Å². The number of rotatable bonds is 1. The van der Waals surface area contributed by atoms with Crippen LogP contribution in [0.1, 0.15) is 19.3 Å². The molecule has 0 amide bonds. The Balaban J connectivity index is 2.00. The molecule has 1 saturated carbocycles. The van der Waals surface area contributed by atoms with Gasteiger partial charge in [0.1, 0.15) is 0 Å². The van der Waals surface area contributed by atoms with Gasteiger partial charge in [-0.15, -0.1) is 0 Å². The average molecular weight is 141 g/mol. The van der Waals surface area contributed by atoms with Gasteiger partial charge in [0.15, 0.2) is 0 Å². The highest BCUT2D eigenvalue weighted by molar-refractivity contribution is 4.85. The maximum atomic E-state index is 5.63. The number of ether oxygens (including phenoxy) is 1. The molecule has 2 heteroatoms. The van der Waals surface area contributed by atoms with Gasteiger partial charge in [0.25, 0.3) is 0 Å². The van der Waals surface area contributed by atoms with E-state index in [1.807, 2.05) is 0 Å². The fourth-order valence-electron chi connectivity index (χ4n) is 2.21. The lowest BCUT2D eigenvalue weighted by Gasteiger charge is -2.25. The van der Waals surface area contributed by atoms with Crippen molar-refractivity contribution < 1.29 is 4.74 Å². The van der Waals surface area contributed by atoms with Gasteiger partial charge in [-0.3, -0.25) is 0 Å². The Morgan fingerprint density at radius 2 is 2.30 bits per heavy atom. The molecule has 0 aromatic rings. The third-order valence-electron chi connectivity index (χ3n) is 2.94. The summed E-state index contributed by atoms with van der Waals surface area (Å²) in [6.45, 7) is 1.84. The summed E-state index contributed by atoms with van der Waals surface area (Å²) in [6, 6.07) is 0. The first kappa shape index (κ1) is 6.62. The molecule has 0 radical (unpaired) electrons. The van der Waals surface area contributed by atoms with E-state index < -0.39 is 0 Å². The number of hydrogen-bond donors (Lipinski definition) is 1. The second kappa shape index (κ2) is 2.51. The molecule has 1 saturated heterocycles. The molecule has 0 aromatic carbocycles. The summed E-state index contributed by atoms with van der Waals surface area (Å²) in [7, 11) is 0. The van der Waals surface area contributed by atoms with E-state index in [-0.39, 0.29) is 0 Å². The van der Waals surface area contributed by atoms with Crippen molar-refractivity contribution in [2.75, 3.05) is 13.2 Å². The third kappa shape index (κ3) is 0.956. The molecule has 58 valence electrons. The minimum atomic E-state index is 0.591. The van der Waals surface area contributed by atoms with E-state index in [4.69, 9.17) is 10.5 Å². The van der Waals surface area contributed by atoms with Gasteiger partial charge in [-0.2, -0.15) is 0 Å². The topological polar surface area (TPSA) is 35.2 Å². The summed E-state index contributed by atoms with van der Waals surface area (Å²) in [5.41, 5.74) is 5.63. The first-order valence-electron chi connectivity index (χ1n) is 4.22. The summed E-state index contributed by atoms with van der Waals surface area (Å²) in [4.78, 5) is 0. The van der Waals surface area contributed by atoms with Gasteiger partial charge >= 0.3 is 0 Å². The van der Waals surface area contributed by atoms with Crippen molar-refractivity contribution in [3.05, 3.63) is 0 Å². The SMILES string of the molecule is NCC1CCC2CC1CO2. The Labute approximate surface area is 61.7 Å². The molecule has 2 N–H and O–H groups in total. The van der Waals surface area contributed by atoms with Crippen LogP contribution in [-0.2, 0) is 4.74 Å². The monoisotopic (exact) mass is 141 g/mol. The van der Waals surface area contributed by atoms with Gasteiger partial charge in [0.05, 0.1) is 12.7 Å². The Bertz CT molecular complexity index is 126. The second-order valence-corrected chi connectivity index (χ2v) is 3.52. The second-order valence-electron chi connectivity index (χ2n) is 3.52. The minimum Gasteiger partial charge on any atom is -0.378 e. The molecule has 2 rings (SSSR count). The third-order valence-corrected chi connectivity index (χ3v) is 2.94. The summed E-state index contributed by atoms with van der Waals surface area (Å²) in [5, 5.41) is 0. The Morgan fingerprint density at radius 3 is 3.10 bits per heavy atom. The maximum absolute atomic E-state index is 5.63. The van der Waals surface area contributed by atoms with E-state index in [0.717, 1.165) is 25.0 Å². The fraction of sp³-hybridized carbons (Fsp3) is 1.00. The molecule has 3 unspecified atom stereocenters. The van der Waals surface area contributed by atoms with E-state index in [1.165, 1.54) is 19.3 Å². The van der Waals surface area contributed by atoms with Crippen molar-refractivity contribution >= 4 is 0 Å². The zero-order chi connectivity index (χ0) is 6.97. The highest BCUT2D eigenvalue weighted by Crippen LogP contribution is 2.36. The van der Waals surface area contributed by atoms with Gasteiger partial charge in [-0.1, -0.05) is 0 Å². The Morgan fingerprint density at radius 1 is 1.40 bits per heavy atom. The average Bonchev–Trinajstić information content (AvgIpc) is 2.34. The van der Waals surface area contributed by atoms with Crippen LogP contribution in [0.2, 0.25) is 0 Å². The van der Waals surface area contributed by atoms with Crippen LogP contribution in [0.4, 0.5) is 0 Å². The molecule has 1 aliphatic carbocycles. The van der Waals surface area contributed by atoms with Gasteiger partial charge in [-0.05, 0) is 37.6 Å². The zero-order valence-electron chi connectivity index (χ0n) is 6.25. The summed E-state index contributed by atoms with van der Waals surface area (Å²) in [6.07, 6.45) is 4.42. The van der Waals surface area contributed by atoms with Gasteiger partial charge in [0.2, 0.25) is 0 Å². The van der Waals surface area contributed by atoms with Crippen LogP contribution in [0, 0.1) is 11.8 Å². The van der Waals surface area contributed by atoms with Crippen LogP contribution in [0.15, 0.2) is 0 Å². The predicted octanol–water partition coefficient (Wildman–Crippen LogP) is 0.760. The molecule has 10 heavy (non-hydrogen) atoms. The van der Waals surface area contributed by atoms with Crippen molar-refractivity contribution in [2.24, 2.45) is 17.6 Å². The van der Waals surface area contributed by atoms with E-state index >= 15 is 0 Å². The van der Waals surface area contributed by atoms with E-state index in [0.29, 0.717) is 6.10 Å². The van der Waals surface area contributed by atoms with E-state index in [1.54, 1.807) is 0 Å². The van der Waals surface area contributed by atoms with Crippen LogP contribution < -0.4 is 5.73 Å². The zero-order valence-corrected chi connectivity index (χ0v) is 6.25. The van der Waals surface area contributed by atoms with Crippen LogP contribution >= 0.6 is 0 Å². The molecule has 2 bridgehead atoms.